The second kappa shape index (κ2) is 7.39. The first-order chi connectivity index (χ1) is 11.7. The Balaban J connectivity index is 1.77. The van der Waals surface area contributed by atoms with Crippen molar-refractivity contribution >= 4 is 5.91 Å². The van der Waals surface area contributed by atoms with Crippen LogP contribution in [0.15, 0.2) is 42.5 Å². The van der Waals surface area contributed by atoms with Gasteiger partial charge in [-0.15, -0.1) is 0 Å². The molecule has 0 radical (unpaired) electrons. The van der Waals surface area contributed by atoms with Crippen LogP contribution in [-0.4, -0.2) is 26.2 Å². The average molecular weight is 325 g/mol. The van der Waals surface area contributed by atoms with Gasteiger partial charge < -0.3 is 14.8 Å². The largest absolute Gasteiger partial charge is 0.493 e. The lowest BCUT2D eigenvalue weighted by Crippen LogP contribution is -2.27. The van der Waals surface area contributed by atoms with Gasteiger partial charge in [0.25, 0.3) is 5.91 Å². The van der Waals surface area contributed by atoms with E-state index in [-0.39, 0.29) is 5.91 Å². The standard InChI is InChI=1S/C20H23NO3/c1-3-21-20(22)17-9-5-4-7-15(17)11-14-12-16-8-6-10-18(23-2)19(16)24-13-14/h4-10,14H,3,11-13H2,1-2H3,(H,21,22)/t14-/m1/s1. The molecule has 1 atom stereocenters. The lowest BCUT2D eigenvalue weighted by Gasteiger charge is -2.27. The minimum atomic E-state index is -0.00750. The monoisotopic (exact) mass is 325 g/mol. The quantitative estimate of drug-likeness (QED) is 0.918. The molecule has 0 aliphatic carbocycles. The molecule has 1 N–H and O–H groups in total. The summed E-state index contributed by atoms with van der Waals surface area (Å²) >= 11 is 0. The Hall–Kier alpha value is -2.49. The van der Waals surface area contributed by atoms with Crippen molar-refractivity contribution in [3.05, 3.63) is 59.2 Å². The van der Waals surface area contributed by atoms with Crippen molar-refractivity contribution in [1.82, 2.24) is 5.32 Å². The van der Waals surface area contributed by atoms with Crippen molar-refractivity contribution in [2.24, 2.45) is 5.92 Å². The van der Waals surface area contributed by atoms with Crippen molar-refractivity contribution in [3.63, 3.8) is 0 Å². The van der Waals surface area contributed by atoms with E-state index in [2.05, 4.69) is 11.4 Å². The number of rotatable bonds is 5. The van der Waals surface area contributed by atoms with Gasteiger partial charge in [-0.05, 0) is 43.0 Å². The molecule has 3 rings (SSSR count). The topological polar surface area (TPSA) is 47.6 Å². The summed E-state index contributed by atoms with van der Waals surface area (Å²) in [5.74, 6) is 1.98. The number of carbonyl (C=O) groups is 1. The molecule has 1 aliphatic rings. The summed E-state index contributed by atoms with van der Waals surface area (Å²) < 4.78 is 11.3. The van der Waals surface area contributed by atoms with E-state index >= 15 is 0 Å². The van der Waals surface area contributed by atoms with Crippen LogP contribution in [0.1, 0.15) is 28.4 Å². The Bertz CT molecular complexity index is 727. The molecule has 0 saturated carbocycles. The van der Waals surface area contributed by atoms with Crippen molar-refractivity contribution in [2.75, 3.05) is 20.3 Å². The van der Waals surface area contributed by atoms with Crippen LogP contribution in [0.2, 0.25) is 0 Å². The molecule has 0 unspecified atom stereocenters. The molecule has 0 bridgehead atoms. The Kier molecular flexibility index (Phi) is 5.04. The summed E-state index contributed by atoms with van der Waals surface area (Å²) in [7, 11) is 1.66. The van der Waals surface area contributed by atoms with Crippen LogP contribution >= 0.6 is 0 Å². The summed E-state index contributed by atoms with van der Waals surface area (Å²) in [5.41, 5.74) is 3.00. The van der Waals surface area contributed by atoms with E-state index in [1.165, 1.54) is 5.56 Å². The van der Waals surface area contributed by atoms with Gasteiger partial charge in [-0.25, -0.2) is 0 Å². The van der Waals surface area contributed by atoms with Crippen LogP contribution in [0.5, 0.6) is 11.5 Å². The first-order valence-electron chi connectivity index (χ1n) is 8.37. The Morgan fingerprint density at radius 1 is 1.25 bits per heavy atom. The third kappa shape index (κ3) is 3.37. The highest BCUT2D eigenvalue weighted by molar-refractivity contribution is 5.95. The molecular weight excluding hydrogens is 302 g/mol. The molecule has 1 aliphatic heterocycles. The molecule has 4 nitrogen and oxygen atoms in total. The fourth-order valence-electron chi connectivity index (χ4n) is 3.24. The van der Waals surface area contributed by atoms with E-state index in [4.69, 9.17) is 9.47 Å². The van der Waals surface area contributed by atoms with Crippen molar-refractivity contribution in [1.29, 1.82) is 0 Å². The normalized spacial score (nSPS) is 16.0. The third-order valence-electron chi connectivity index (χ3n) is 4.36. The van der Waals surface area contributed by atoms with Gasteiger partial charge in [0, 0.05) is 18.0 Å². The number of hydrogen-bond acceptors (Lipinski definition) is 3. The van der Waals surface area contributed by atoms with Gasteiger partial charge in [-0.2, -0.15) is 0 Å². The maximum absolute atomic E-state index is 12.2. The molecule has 1 heterocycles. The third-order valence-corrected chi connectivity index (χ3v) is 4.36. The summed E-state index contributed by atoms with van der Waals surface area (Å²) in [6, 6.07) is 13.8. The van der Waals surface area contributed by atoms with Gasteiger partial charge in [-0.3, -0.25) is 4.79 Å². The summed E-state index contributed by atoms with van der Waals surface area (Å²) in [6.45, 7) is 3.20. The molecule has 0 spiro atoms. The first-order valence-corrected chi connectivity index (χ1v) is 8.37. The fourth-order valence-corrected chi connectivity index (χ4v) is 3.24. The lowest BCUT2D eigenvalue weighted by atomic mass is 9.89. The molecule has 2 aromatic rings. The maximum Gasteiger partial charge on any atom is 0.251 e. The fraction of sp³-hybridized carbons (Fsp3) is 0.350. The molecule has 24 heavy (non-hydrogen) atoms. The minimum absolute atomic E-state index is 0.00750. The number of ether oxygens (including phenoxy) is 2. The number of para-hydroxylation sites is 1. The molecule has 0 aromatic heterocycles. The van der Waals surface area contributed by atoms with Crippen molar-refractivity contribution < 1.29 is 14.3 Å². The summed E-state index contributed by atoms with van der Waals surface area (Å²) in [6.07, 6.45) is 1.75. The second-order valence-corrected chi connectivity index (χ2v) is 6.05. The van der Waals surface area contributed by atoms with Gasteiger partial charge in [0.15, 0.2) is 11.5 Å². The highest BCUT2D eigenvalue weighted by Gasteiger charge is 2.24. The lowest BCUT2D eigenvalue weighted by molar-refractivity contribution is 0.0954. The van der Waals surface area contributed by atoms with Gasteiger partial charge >= 0.3 is 0 Å². The maximum atomic E-state index is 12.2. The Morgan fingerprint density at radius 3 is 2.88 bits per heavy atom. The SMILES string of the molecule is CCNC(=O)c1ccccc1C[C@H]1COc2c(cccc2OC)C1. The molecule has 1 amide bonds. The van der Waals surface area contributed by atoms with Gasteiger partial charge in [0.2, 0.25) is 0 Å². The zero-order chi connectivity index (χ0) is 16.9. The molecule has 126 valence electrons. The van der Waals surface area contributed by atoms with Gasteiger partial charge in [0.1, 0.15) is 0 Å². The minimum Gasteiger partial charge on any atom is -0.493 e. The van der Waals surface area contributed by atoms with E-state index in [1.807, 2.05) is 43.3 Å². The highest BCUT2D eigenvalue weighted by atomic mass is 16.5. The predicted octanol–water partition coefficient (Wildman–Crippen LogP) is 3.24. The number of benzene rings is 2. The molecule has 2 aromatic carbocycles. The molecule has 0 saturated heterocycles. The molecular formula is C20H23NO3. The summed E-state index contributed by atoms with van der Waals surface area (Å²) in [5, 5.41) is 2.88. The highest BCUT2D eigenvalue weighted by Crippen LogP contribution is 2.36. The number of amides is 1. The van der Waals surface area contributed by atoms with Crippen molar-refractivity contribution in [2.45, 2.75) is 19.8 Å². The van der Waals surface area contributed by atoms with Crippen LogP contribution in [0, 0.1) is 5.92 Å². The number of methoxy groups -OCH3 is 1. The zero-order valence-corrected chi connectivity index (χ0v) is 14.2. The number of hydrogen-bond donors (Lipinski definition) is 1. The number of fused-ring (bicyclic) bond motifs is 1. The average Bonchev–Trinajstić information content (AvgIpc) is 2.61. The van der Waals surface area contributed by atoms with Crippen LogP contribution in [0.3, 0.4) is 0 Å². The van der Waals surface area contributed by atoms with E-state index in [0.717, 1.165) is 35.5 Å². The van der Waals surface area contributed by atoms with Gasteiger partial charge in [-0.1, -0.05) is 30.3 Å². The number of carbonyl (C=O) groups excluding carboxylic acids is 1. The first kappa shape index (κ1) is 16.4. The van der Waals surface area contributed by atoms with Gasteiger partial charge in [0.05, 0.1) is 13.7 Å². The Labute approximate surface area is 142 Å². The predicted molar refractivity (Wildman–Crippen MR) is 93.8 cm³/mol. The summed E-state index contributed by atoms with van der Waals surface area (Å²) in [4.78, 5) is 12.2. The van der Waals surface area contributed by atoms with Crippen LogP contribution in [-0.2, 0) is 12.8 Å². The number of nitrogens with one attached hydrogen (secondary N) is 1. The van der Waals surface area contributed by atoms with Crippen LogP contribution < -0.4 is 14.8 Å². The van der Waals surface area contributed by atoms with E-state index in [9.17, 15) is 4.79 Å². The van der Waals surface area contributed by atoms with Crippen molar-refractivity contribution in [3.8, 4) is 11.5 Å². The van der Waals surface area contributed by atoms with E-state index < -0.39 is 0 Å². The molecule has 0 fully saturated rings. The van der Waals surface area contributed by atoms with E-state index in [0.29, 0.717) is 19.1 Å². The van der Waals surface area contributed by atoms with Crippen LogP contribution in [0.4, 0.5) is 0 Å². The van der Waals surface area contributed by atoms with Crippen LogP contribution in [0.25, 0.3) is 0 Å². The second-order valence-electron chi connectivity index (χ2n) is 6.05. The molecule has 4 heteroatoms. The van der Waals surface area contributed by atoms with E-state index in [1.54, 1.807) is 7.11 Å². The smallest absolute Gasteiger partial charge is 0.251 e. The Morgan fingerprint density at radius 2 is 2.08 bits per heavy atom. The zero-order valence-electron chi connectivity index (χ0n) is 14.2.